The van der Waals surface area contributed by atoms with Crippen LogP contribution in [-0.2, 0) is 6.54 Å². The van der Waals surface area contributed by atoms with Crippen molar-refractivity contribution in [2.24, 2.45) is 0 Å². The summed E-state index contributed by atoms with van der Waals surface area (Å²) < 4.78 is 11.7. The number of halogens is 1. The smallest absolute Gasteiger partial charge is 0.231 e. The number of hydrogen-bond acceptors (Lipinski definition) is 3. The molecule has 3 nitrogen and oxygen atoms in total. The molecule has 0 bridgehead atoms. The molecule has 2 aromatic carbocycles. The van der Waals surface area contributed by atoms with Gasteiger partial charge in [0.25, 0.3) is 0 Å². The fourth-order valence-electron chi connectivity index (χ4n) is 2.09. The van der Waals surface area contributed by atoms with E-state index in [1.165, 1.54) is 5.56 Å². The first-order valence-electron chi connectivity index (χ1n) is 6.11. The van der Waals surface area contributed by atoms with E-state index in [9.17, 15) is 0 Å². The summed E-state index contributed by atoms with van der Waals surface area (Å²) in [6.07, 6.45) is 0. The first kappa shape index (κ1) is 12.4. The monoisotopic (exact) mass is 319 g/mol. The van der Waals surface area contributed by atoms with Crippen molar-refractivity contribution in [1.29, 1.82) is 0 Å². The van der Waals surface area contributed by atoms with Crippen LogP contribution < -0.4 is 14.8 Å². The molecule has 4 heteroatoms. The maximum absolute atomic E-state index is 5.42. The molecule has 0 amide bonds. The number of ether oxygens (including phenoxy) is 2. The molecule has 0 spiro atoms. The lowest BCUT2D eigenvalue weighted by atomic mass is 10.1. The van der Waals surface area contributed by atoms with Gasteiger partial charge in [0.2, 0.25) is 6.79 Å². The molecule has 0 saturated carbocycles. The van der Waals surface area contributed by atoms with E-state index >= 15 is 0 Å². The van der Waals surface area contributed by atoms with Gasteiger partial charge in [-0.25, -0.2) is 0 Å². The fourth-order valence-corrected chi connectivity index (χ4v) is 2.70. The average molecular weight is 320 g/mol. The van der Waals surface area contributed by atoms with E-state index in [1.807, 2.05) is 18.2 Å². The lowest BCUT2D eigenvalue weighted by Crippen LogP contribution is -2.01. The van der Waals surface area contributed by atoms with Gasteiger partial charge in [0.15, 0.2) is 11.5 Å². The van der Waals surface area contributed by atoms with E-state index in [0.29, 0.717) is 6.79 Å². The molecule has 2 aromatic rings. The van der Waals surface area contributed by atoms with Gasteiger partial charge in [-0.05, 0) is 52.2 Å². The van der Waals surface area contributed by atoms with Crippen LogP contribution in [0.1, 0.15) is 11.1 Å². The number of anilines is 1. The molecule has 1 aliphatic rings. The highest BCUT2D eigenvalue weighted by Crippen LogP contribution is 2.40. The normalized spacial score (nSPS) is 12.5. The minimum Gasteiger partial charge on any atom is -0.454 e. The molecule has 19 heavy (non-hydrogen) atoms. The van der Waals surface area contributed by atoms with Gasteiger partial charge < -0.3 is 14.8 Å². The summed E-state index contributed by atoms with van der Waals surface area (Å²) in [5, 5.41) is 3.43. The van der Waals surface area contributed by atoms with Crippen molar-refractivity contribution < 1.29 is 9.47 Å². The van der Waals surface area contributed by atoms with Crippen LogP contribution in [0.5, 0.6) is 11.5 Å². The van der Waals surface area contributed by atoms with Crippen molar-refractivity contribution in [3.63, 3.8) is 0 Å². The maximum atomic E-state index is 5.42. The van der Waals surface area contributed by atoms with Crippen molar-refractivity contribution in [2.75, 3.05) is 12.1 Å². The number of aryl methyl sites for hydroxylation is 1. The summed E-state index contributed by atoms with van der Waals surface area (Å²) in [6, 6.07) is 12.3. The Morgan fingerprint density at radius 3 is 2.89 bits per heavy atom. The number of rotatable bonds is 3. The summed E-state index contributed by atoms with van der Waals surface area (Å²) in [5.74, 6) is 1.59. The Hall–Kier alpha value is -1.68. The SMILES string of the molecule is Cc1ccccc1NCc1cc(Br)c2c(c1)OCO2. The second-order valence-electron chi connectivity index (χ2n) is 4.48. The van der Waals surface area contributed by atoms with Crippen LogP contribution in [0.3, 0.4) is 0 Å². The van der Waals surface area contributed by atoms with Gasteiger partial charge >= 0.3 is 0 Å². The van der Waals surface area contributed by atoms with Gasteiger partial charge in [0.1, 0.15) is 0 Å². The topological polar surface area (TPSA) is 30.5 Å². The van der Waals surface area contributed by atoms with E-state index in [-0.39, 0.29) is 0 Å². The molecule has 1 heterocycles. The zero-order chi connectivity index (χ0) is 13.2. The number of hydrogen-bond donors (Lipinski definition) is 1. The highest BCUT2D eigenvalue weighted by molar-refractivity contribution is 9.10. The number of nitrogens with one attached hydrogen (secondary N) is 1. The fraction of sp³-hybridized carbons (Fsp3) is 0.200. The molecule has 1 aliphatic heterocycles. The Bertz CT molecular complexity index is 613. The lowest BCUT2D eigenvalue weighted by molar-refractivity contribution is 0.173. The standard InChI is InChI=1S/C15H14BrNO2/c1-10-4-2-3-5-13(10)17-8-11-6-12(16)15-14(7-11)18-9-19-15/h2-7,17H,8-9H2,1H3. The highest BCUT2D eigenvalue weighted by Gasteiger charge is 2.17. The van der Waals surface area contributed by atoms with E-state index in [1.54, 1.807) is 0 Å². The van der Waals surface area contributed by atoms with Crippen LogP contribution in [0.25, 0.3) is 0 Å². The Morgan fingerprint density at radius 2 is 2.05 bits per heavy atom. The quantitative estimate of drug-likeness (QED) is 0.924. The Morgan fingerprint density at radius 1 is 1.21 bits per heavy atom. The second-order valence-corrected chi connectivity index (χ2v) is 5.33. The molecule has 0 saturated heterocycles. The number of fused-ring (bicyclic) bond motifs is 1. The zero-order valence-corrected chi connectivity index (χ0v) is 12.2. The molecular weight excluding hydrogens is 306 g/mol. The number of benzene rings is 2. The molecule has 0 radical (unpaired) electrons. The van der Waals surface area contributed by atoms with E-state index in [2.05, 4.69) is 46.4 Å². The summed E-state index contributed by atoms with van der Waals surface area (Å²) in [5.41, 5.74) is 3.54. The van der Waals surface area contributed by atoms with Crippen molar-refractivity contribution in [3.8, 4) is 11.5 Å². The first-order valence-corrected chi connectivity index (χ1v) is 6.91. The molecule has 0 aromatic heterocycles. The highest BCUT2D eigenvalue weighted by atomic mass is 79.9. The molecule has 1 N–H and O–H groups in total. The van der Waals surface area contributed by atoms with Gasteiger partial charge in [-0.3, -0.25) is 0 Å². The predicted octanol–water partition coefficient (Wildman–Crippen LogP) is 4.10. The molecule has 98 valence electrons. The van der Waals surface area contributed by atoms with Gasteiger partial charge in [0, 0.05) is 12.2 Å². The molecule has 0 fully saturated rings. The predicted molar refractivity (Wildman–Crippen MR) is 78.8 cm³/mol. The molecular formula is C15H14BrNO2. The third kappa shape index (κ3) is 2.54. The lowest BCUT2D eigenvalue weighted by Gasteiger charge is -2.10. The Kier molecular flexibility index (Phi) is 3.34. The molecule has 0 unspecified atom stereocenters. The van der Waals surface area contributed by atoms with Crippen LogP contribution >= 0.6 is 15.9 Å². The van der Waals surface area contributed by atoms with Crippen molar-refractivity contribution in [1.82, 2.24) is 0 Å². The summed E-state index contributed by atoms with van der Waals surface area (Å²) in [6.45, 7) is 3.14. The average Bonchev–Trinajstić information content (AvgIpc) is 2.87. The van der Waals surface area contributed by atoms with Crippen LogP contribution in [0.4, 0.5) is 5.69 Å². The Labute approximate surface area is 120 Å². The van der Waals surface area contributed by atoms with Crippen LogP contribution in [0, 0.1) is 6.92 Å². The third-order valence-corrected chi connectivity index (χ3v) is 3.70. The van der Waals surface area contributed by atoms with Gasteiger partial charge in [-0.2, -0.15) is 0 Å². The minimum atomic E-state index is 0.294. The summed E-state index contributed by atoms with van der Waals surface area (Å²) in [4.78, 5) is 0. The van der Waals surface area contributed by atoms with Crippen molar-refractivity contribution in [3.05, 3.63) is 52.0 Å². The summed E-state index contributed by atoms with van der Waals surface area (Å²) in [7, 11) is 0. The third-order valence-electron chi connectivity index (χ3n) is 3.12. The maximum Gasteiger partial charge on any atom is 0.231 e. The molecule has 0 atom stereocenters. The van der Waals surface area contributed by atoms with Crippen molar-refractivity contribution in [2.45, 2.75) is 13.5 Å². The van der Waals surface area contributed by atoms with Crippen molar-refractivity contribution >= 4 is 21.6 Å². The Balaban J connectivity index is 1.78. The first-order chi connectivity index (χ1) is 9.24. The zero-order valence-electron chi connectivity index (χ0n) is 10.6. The van der Waals surface area contributed by atoms with Crippen LogP contribution in [0.2, 0.25) is 0 Å². The van der Waals surface area contributed by atoms with Gasteiger partial charge in [-0.15, -0.1) is 0 Å². The van der Waals surface area contributed by atoms with E-state index in [0.717, 1.165) is 33.8 Å². The molecule has 0 aliphatic carbocycles. The number of para-hydroxylation sites is 1. The second kappa shape index (κ2) is 5.13. The van der Waals surface area contributed by atoms with Crippen LogP contribution in [-0.4, -0.2) is 6.79 Å². The van der Waals surface area contributed by atoms with Crippen LogP contribution in [0.15, 0.2) is 40.9 Å². The van der Waals surface area contributed by atoms with Gasteiger partial charge in [0.05, 0.1) is 4.47 Å². The largest absolute Gasteiger partial charge is 0.454 e. The minimum absolute atomic E-state index is 0.294. The summed E-state index contributed by atoms with van der Waals surface area (Å²) >= 11 is 3.51. The van der Waals surface area contributed by atoms with Gasteiger partial charge in [-0.1, -0.05) is 18.2 Å². The van der Waals surface area contributed by atoms with E-state index < -0.39 is 0 Å². The van der Waals surface area contributed by atoms with E-state index in [4.69, 9.17) is 9.47 Å². The molecule has 3 rings (SSSR count).